The first-order chi connectivity index (χ1) is 13.1. The van der Waals surface area contributed by atoms with Crippen LogP contribution in [0.2, 0.25) is 5.02 Å². The first-order valence-electron chi connectivity index (χ1n) is 8.31. The van der Waals surface area contributed by atoms with Crippen LogP contribution in [0.15, 0.2) is 70.7 Å². The number of hydrogen-bond donors (Lipinski definition) is 0. The molecule has 0 saturated carbocycles. The lowest BCUT2D eigenvalue weighted by atomic mass is 10.1. The molecule has 27 heavy (non-hydrogen) atoms. The second kappa shape index (κ2) is 8.88. The zero-order valence-corrected chi connectivity index (χ0v) is 16.2. The molecule has 0 saturated heterocycles. The molecule has 1 heterocycles. The van der Waals surface area contributed by atoms with Crippen molar-refractivity contribution in [3.63, 3.8) is 0 Å². The topological polar surface area (TPSA) is 61.2 Å². The molecule has 0 bridgehead atoms. The minimum atomic E-state index is -0.274. The second-order valence-corrected chi connectivity index (χ2v) is 6.95. The van der Waals surface area contributed by atoms with Crippen LogP contribution >= 0.6 is 23.4 Å². The van der Waals surface area contributed by atoms with Crippen LogP contribution in [0, 0.1) is 0 Å². The van der Waals surface area contributed by atoms with Crippen LogP contribution in [-0.4, -0.2) is 27.7 Å². The Morgan fingerprint density at radius 3 is 2.52 bits per heavy atom. The highest BCUT2D eigenvalue weighted by atomic mass is 35.5. The molecule has 0 fully saturated rings. The predicted octanol–water partition coefficient (Wildman–Crippen LogP) is 4.26. The highest BCUT2D eigenvalue weighted by Crippen LogP contribution is 2.17. The fourth-order valence-corrected chi connectivity index (χ4v) is 3.34. The van der Waals surface area contributed by atoms with Gasteiger partial charge in [0.1, 0.15) is 5.75 Å². The van der Waals surface area contributed by atoms with Crippen molar-refractivity contribution in [3.8, 4) is 11.4 Å². The minimum absolute atomic E-state index is 0.0776. The Morgan fingerprint density at radius 1 is 1.15 bits per heavy atom. The van der Waals surface area contributed by atoms with Crippen molar-refractivity contribution >= 4 is 29.1 Å². The molecule has 0 atom stereocenters. The number of aromatic nitrogens is 2. The van der Waals surface area contributed by atoms with Crippen LogP contribution in [-0.2, 0) is 0 Å². The molecule has 0 aliphatic heterocycles. The van der Waals surface area contributed by atoms with Gasteiger partial charge in [-0.25, -0.2) is 4.98 Å². The third-order valence-corrected chi connectivity index (χ3v) is 4.95. The summed E-state index contributed by atoms with van der Waals surface area (Å²) in [4.78, 5) is 29.1. The maximum atomic E-state index is 12.6. The van der Waals surface area contributed by atoms with E-state index in [-0.39, 0.29) is 22.1 Å². The first kappa shape index (κ1) is 19.2. The van der Waals surface area contributed by atoms with Crippen molar-refractivity contribution in [2.75, 3.05) is 12.4 Å². The highest BCUT2D eigenvalue weighted by molar-refractivity contribution is 7.99. The molecule has 0 amide bonds. The van der Waals surface area contributed by atoms with Gasteiger partial charge in [-0.2, -0.15) is 0 Å². The summed E-state index contributed by atoms with van der Waals surface area (Å²) < 4.78 is 6.85. The molecule has 3 aromatic rings. The smallest absolute Gasteiger partial charge is 0.287 e. The van der Waals surface area contributed by atoms with E-state index in [2.05, 4.69) is 4.98 Å². The van der Waals surface area contributed by atoms with E-state index in [1.165, 1.54) is 4.57 Å². The van der Waals surface area contributed by atoms with Crippen LogP contribution < -0.4 is 10.3 Å². The van der Waals surface area contributed by atoms with Gasteiger partial charge in [-0.05, 0) is 55.5 Å². The SMILES string of the molecule is CCOc1ccc(C(=O)CSc2nccn(-c3ccc(Cl)cc3)c2=O)cc1. The molecule has 0 spiro atoms. The van der Waals surface area contributed by atoms with Crippen LogP contribution in [0.25, 0.3) is 5.69 Å². The summed E-state index contributed by atoms with van der Waals surface area (Å²) in [5.74, 6) is 0.768. The maximum absolute atomic E-state index is 12.6. The lowest BCUT2D eigenvalue weighted by molar-refractivity contribution is 0.102. The van der Waals surface area contributed by atoms with Gasteiger partial charge in [-0.15, -0.1) is 0 Å². The number of nitrogens with zero attached hydrogens (tertiary/aromatic N) is 2. The molecule has 3 rings (SSSR count). The highest BCUT2D eigenvalue weighted by Gasteiger charge is 2.12. The largest absolute Gasteiger partial charge is 0.494 e. The fraction of sp³-hybridized carbons (Fsp3) is 0.150. The predicted molar refractivity (Wildman–Crippen MR) is 108 cm³/mol. The van der Waals surface area contributed by atoms with E-state index in [0.29, 0.717) is 22.9 Å². The van der Waals surface area contributed by atoms with E-state index in [4.69, 9.17) is 16.3 Å². The Labute approximate surface area is 166 Å². The Kier molecular flexibility index (Phi) is 6.32. The van der Waals surface area contributed by atoms with Gasteiger partial charge in [0.2, 0.25) is 0 Å². The van der Waals surface area contributed by atoms with Crippen LogP contribution in [0.1, 0.15) is 17.3 Å². The number of thioether (sulfide) groups is 1. The Balaban J connectivity index is 1.72. The molecule has 0 N–H and O–H groups in total. The average molecular weight is 401 g/mol. The molecular formula is C20H17ClN2O3S. The van der Waals surface area contributed by atoms with Gasteiger partial charge in [0, 0.05) is 28.7 Å². The lowest BCUT2D eigenvalue weighted by Gasteiger charge is -2.07. The first-order valence-corrected chi connectivity index (χ1v) is 9.67. The Morgan fingerprint density at radius 2 is 1.85 bits per heavy atom. The van der Waals surface area contributed by atoms with Gasteiger partial charge in [0.25, 0.3) is 5.56 Å². The van der Waals surface area contributed by atoms with Crippen molar-refractivity contribution in [2.45, 2.75) is 11.9 Å². The molecule has 0 aliphatic rings. The van der Waals surface area contributed by atoms with Gasteiger partial charge in [0.05, 0.1) is 12.4 Å². The molecule has 7 heteroatoms. The number of Topliss-reactive ketones (excluding diaryl/α,β-unsaturated/α-hetero) is 1. The van der Waals surface area contributed by atoms with Crippen LogP contribution in [0.4, 0.5) is 0 Å². The summed E-state index contributed by atoms with van der Waals surface area (Å²) in [5, 5.41) is 0.864. The minimum Gasteiger partial charge on any atom is -0.494 e. The number of benzene rings is 2. The second-order valence-electron chi connectivity index (χ2n) is 5.55. The van der Waals surface area contributed by atoms with Crippen molar-refractivity contribution in [1.29, 1.82) is 0 Å². The summed E-state index contributed by atoms with van der Waals surface area (Å²) in [6.45, 7) is 2.47. The summed E-state index contributed by atoms with van der Waals surface area (Å²) in [5.41, 5.74) is 0.982. The average Bonchev–Trinajstić information content (AvgIpc) is 2.69. The van der Waals surface area contributed by atoms with E-state index in [1.807, 2.05) is 6.92 Å². The third-order valence-electron chi connectivity index (χ3n) is 3.74. The zero-order valence-electron chi connectivity index (χ0n) is 14.6. The Hall–Kier alpha value is -2.57. The molecule has 0 aliphatic carbocycles. The number of halogens is 1. The van der Waals surface area contributed by atoms with E-state index in [9.17, 15) is 9.59 Å². The summed E-state index contributed by atoms with van der Waals surface area (Å²) in [7, 11) is 0. The number of rotatable bonds is 7. The molecule has 5 nitrogen and oxygen atoms in total. The summed E-state index contributed by atoms with van der Waals surface area (Å²) in [6, 6.07) is 13.9. The molecule has 1 aromatic heterocycles. The van der Waals surface area contributed by atoms with E-state index in [0.717, 1.165) is 17.5 Å². The molecule has 0 radical (unpaired) electrons. The number of carbonyl (C=O) groups is 1. The van der Waals surface area contributed by atoms with E-state index < -0.39 is 0 Å². The van der Waals surface area contributed by atoms with Gasteiger partial charge >= 0.3 is 0 Å². The van der Waals surface area contributed by atoms with Crippen LogP contribution in [0.5, 0.6) is 5.75 Å². The third kappa shape index (κ3) is 4.78. The number of ketones is 1. The van der Waals surface area contributed by atoms with Crippen molar-refractivity contribution in [2.24, 2.45) is 0 Å². The monoisotopic (exact) mass is 400 g/mol. The zero-order chi connectivity index (χ0) is 19.2. The maximum Gasteiger partial charge on any atom is 0.287 e. The fourth-order valence-electron chi connectivity index (χ4n) is 2.42. The summed E-state index contributed by atoms with van der Waals surface area (Å²) in [6.07, 6.45) is 3.13. The van der Waals surface area contributed by atoms with Gasteiger partial charge in [-0.1, -0.05) is 23.4 Å². The Bertz CT molecular complexity index is 985. The van der Waals surface area contributed by atoms with Gasteiger partial charge in [0.15, 0.2) is 10.8 Å². The summed E-state index contributed by atoms with van der Waals surface area (Å²) >= 11 is 7.02. The van der Waals surface area contributed by atoms with Crippen LogP contribution in [0.3, 0.4) is 0 Å². The van der Waals surface area contributed by atoms with E-state index >= 15 is 0 Å². The number of carbonyl (C=O) groups excluding carboxylic acids is 1. The van der Waals surface area contributed by atoms with Crippen molar-refractivity contribution in [3.05, 3.63) is 81.9 Å². The quantitative estimate of drug-likeness (QED) is 0.438. The standard InChI is InChI=1S/C20H17ClN2O3S/c1-2-26-17-9-3-14(4-10-17)18(24)13-27-19-20(25)23(12-11-22-19)16-7-5-15(21)6-8-16/h3-12H,2,13H2,1H3. The number of ether oxygens (including phenoxy) is 1. The lowest BCUT2D eigenvalue weighted by Crippen LogP contribution is -2.21. The molecule has 2 aromatic carbocycles. The normalized spacial score (nSPS) is 10.6. The van der Waals surface area contributed by atoms with Gasteiger partial charge in [-0.3, -0.25) is 14.2 Å². The molecule has 138 valence electrons. The number of hydrogen-bond acceptors (Lipinski definition) is 5. The van der Waals surface area contributed by atoms with Gasteiger partial charge < -0.3 is 4.74 Å². The molecular weight excluding hydrogens is 384 g/mol. The van der Waals surface area contributed by atoms with Crippen molar-refractivity contribution in [1.82, 2.24) is 9.55 Å². The van der Waals surface area contributed by atoms with Crippen molar-refractivity contribution < 1.29 is 9.53 Å². The van der Waals surface area contributed by atoms with E-state index in [1.54, 1.807) is 60.9 Å². The molecule has 0 unspecified atom stereocenters.